The van der Waals surface area contributed by atoms with Gasteiger partial charge in [-0.3, -0.25) is 4.79 Å². The first-order chi connectivity index (χ1) is 8.95. The summed E-state index contributed by atoms with van der Waals surface area (Å²) in [6.45, 7) is 1.78. The summed E-state index contributed by atoms with van der Waals surface area (Å²) in [5.41, 5.74) is -0.544. The second-order valence-electron chi connectivity index (χ2n) is 3.81. The average Bonchev–Trinajstić information content (AvgIpc) is 2.80. The number of ether oxygens (including phenoxy) is 1. The Morgan fingerprint density at radius 1 is 1.21 bits per heavy atom. The normalized spacial score (nSPS) is 10.6. The number of carbonyl (C=O) groups is 1. The fourth-order valence-corrected chi connectivity index (χ4v) is 2.44. The molecule has 1 aromatic heterocycles. The molecule has 0 N–H and O–H groups in total. The van der Waals surface area contributed by atoms with E-state index in [2.05, 4.69) is 4.74 Å². The first-order valence-corrected chi connectivity index (χ1v) is 6.10. The Balaban J connectivity index is 2.57. The molecule has 0 saturated carbocycles. The average molecular weight is 286 g/mol. The van der Waals surface area contributed by atoms with Crippen LogP contribution in [0.5, 0.6) is 5.75 Å². The number of benzene rings is 1. The quantitative estimate of drug-likeness (QED) is 0.635. The minimum Gasteiger partial charge on any atom is -0.491 e. The molecule has 2 rings (SSSR count). The Kier molecular flexibility index (Phi) is 3.61. The number of aryl methyl sites for hydroxylation is 1. The molecule has 0 fully saturated rings. The fourth-order valence-electron chi connectivity index (χ4n) is 1.61. The Hall–Kier alpha value is -1.82. The summed E-state index contributed by atoms with van der Waals surface area (Å²) >= 11 is 1.15. The van der Waals surface area contributed by atoms with Crippen LogP contribution in [0.25, 0.3) is 0 Å². The van der Waals surface area contributed by atoms with Crippen molar-refractivity contribution in [3.63, 3.8) is 0 Å². The van der Waals surface area contributed by atoms with Crippen LogP contribution in [0.3, 0.4) is 0 Å². The maximum Gasteiger partial charge on any atom is 0.206 e. The van der Waals surface area contributed by atoms with Crippen molar-refractivity contribution in [2.24, 2.45) is 0 Å². The molecule has 0 saturated heterocycles. The van der Waals surface area contributed by atoms with Crippen molar-refractivity contribution in [3.8, 4) is 5.75 Å². The number of thiophene rings is 1. The van der Waals surface area contributed by atoms with E-state index in [4.69, 9.17) is 0 Å². The van der Waals surface area contributed by atoms with Crippen molar-refractivity contribution in [1.29, 1.82) is 0 Å². The number of rotatable bonds is 3. The molecule has 1 aromatic carbocycles. The number of methoxy groups -OCH3 is 1. The Bertz CT molecular complexity index is 650. The number of hydrogen-bond acceptors (Lipinski definition) is 3. The monoisotopic (exact) mass is 286 g/mol. The van der Waals surface area contributed by atoms with E-state index in [-0.39, 0.29) is 4.88 Å². The fraction of sp³-hybridized carbons (Fsp3) is 0.154. The molecule has 0 atom stereocenters. The second-order valence-corrected chi connectivity index (χ2v) is 5.09. The summed E-state index contributed by atoms with van der Waals surface area (Å²) in [4.78, 5) is 13.2. The highest BCUT2D eigenvalue weighted by molar-refractivity contribution is 7.14. The van der Waals surface area contributed by atoms with Crippen LogP contribution in [0.4, 0.5) is 13.2 Å². The van der Waals surface area contributed by atoms with E-state index in [9.17, 15) is 18.0 Å². The zero-order valence-electron chi connectivity index (χ0n) is 10.1. The summed E-state index contributed by atoms with van der Waals surface area (Å²) in [6, 6.07) is 3.74. The number of ketones is 1. The molecule has 2 aromatic rings. The van der Waals surface area contributed by atoms with E-state index in [1.165, 1.54) is 6.07 Å². The van der Waals surface area contributed by atoms with Crippen LogP contribution in [0.15, 0.2) is 18.2 Å². The van der Waals surface area contributed by atoms with Gasteiger partial charge >= 0.3 is 0 Å². The molecular weight excluding hydrogens is 277 g/mol. The SMILES string of the molecule is COc1c(F)c(F)cc(C(=O)c2ccc(C)s2)c1F. The zero-order valence-corrected chi connectivity index (χ0v) is 10.9. The third-order valence-corrected chi connectivity index (χ3v) is 3.53. The number of halogens is 3. The molecule has 0 spiro atoms. The first-order valence-electron chi connectivity index (χ1n) is 5.28. The van der Waals surface area contributed by atoms with Crippen molar-refractivity contribution in [1.82, 2.24) is 0 Å². The first kappa shape index (κ1) is 13.6. The lowest BCUT2D eigenvalue weighted by atomic mass is 10.1. The molecule has 100 valence electrons. The van der Waals surface area contributed by atoms with Gasteiger partial charge in [-0.25, -0.2) is 8.78 Å². The third kappa shape index (κ3) is 2.35. The molecule has 0 aliphatic carbocycles. The second kappa shape index (κ2) is 5.05. The Morgan fingerprint density at radius 3 is 2.42 bits per heavy atom. The van der Waals surface area contributed by atoms with Crippen LogP contribution >= 0.6 is 11.3 Å². The van der Waals surface area contributed by atoms with E-state index in [0.717, 1.165) is 23.3 Å². The molecule has 6 heteroatoms. The van der Waals surface area contributed by atoms with E-state index >= 15 is 0 Å². The topological polar surface area (TPSA) is 26.3 Å². The van der Waals surface area contributed by atoms with Gasteiger partial charge < -0.3 is 4.74 Å². The van der Waals surface area contributed by atoms with Crippen molar-refractivity contribution < 1.29 is 22.7 Å². The van der Waals surface area contributed by atoms with Gasteiger partial charge in [-0.1, -0.05) is 0 Å². The molecule has 0 unspecified atom stereocenters. The van der Waals surface area contributed by atoms with Crippen LogP contribution in [-0.2, 0) is 0 Å². The summed E-state index contributed by atoms with van der Waals surface area (Å²) < 4.78 is 44.9. The molecule has 1 heterocycles. The molecule has 0 aliphatic heterocycles. The van der Waals surface area contributed by atoms with Gasteiger partial charge in [-0.05, 0) is 25.1 Å². The van der Waals surface area contributed by atoms with Crippen LogP contribution in [-0.4, -0.2) is 12.9 Å². The van der Waals surface area contributed by atoms with E-state index < -0.39 is 34.5 Å². The minimum absolute atomic E-state index is 0.254. The van der Waals surface area contributed by atoms with Crippen molar-refractivity contribution in [2.75, 3.05) is 7.11 Å². The van der Waals surface area contributed by atoms with Gasteiger partial charge in [-0.2, -0.15) is 4.39 Å². The van der Waals surface area contributed by atoms with Crippen LogP contribution < -0.4 is 4.74 Å². The summed E-state index contributed by atoms with van der Waals surface area (Å²) in [7, 11) is 1.00. The maximum absolute atomic E-state index is 13.9. The van der Waals surface area contributed by atoms with Crippen LogP contribution in [0.2, 0.25) is 0 Å². The molecule has 0 radical (unpaired) electrons. The molecule has 0 aliphatic rings. The highest BCUT2D eigenvalue weighted by Crippen LogP contribution is 2.29. The van der Waals surface area contributed by atoms with Crippen LogP contribution in [0, 0.1) is 24.4 Å². The van der Waals surface area contributed by atoms with Crippen molar-refractivity contribution in [2.45, 2.75) is 6.92 Å². The van der Waals surface area contributed by atoms with Gasteiger partial charge in [0.2, 0.25) is 11.6 Å². The minimum atomic E-state index is -1.45. The standard InChI is InChI=1S/C13H9F3O2S/c1-6-3-4-9(19-6)12(17)7-5-8(14)11(16)13(18-2)10(7)15/h3-5H,1-2H3. The summed E-state index contributed by atoms with van der Waals surface area (Å²) in [5.74, 6) is -5.56. The van der Waals surface area contributed by atoms with E-state index in [1.807, 2.05) is 0 Å². The molecule has 0 amide bonds. The molecular formula is C13H9F3O2S. The van der Waals surface area contributed by atoms with Crippen LogP contribution in [0.1, 0.15) is 20.1 Å². The zero-order chi connectivity index (χ0) is 14.2. The Morgan fingerprint density at radius 2 is 1.89 bits per heavy atom. The molecule has 0 bridgehead atoms. The number of hydrogen-bond donors (Lipinski definition) is 0. The van der Waals surface area contributed by atoms with E-state index in [0.29, 0.717) is 6.07 Å². The predicted octanol–water partition coefficient (Wildman–Crippen LogP) is 3.71. The van der Waals surface area contributed by atoms with E-state index in [1.54, 1.807) is 13.0 Å². The predicted molar refractivity (Wildman–Crippen MR) is 65.4 cm³/mol. The Labute approximate surface area is 111 Å². The van der Waals surface area contributed by atoms with Gasteiger partial charge in [0, 0.05) is 4.88 Å². The molecule has 2 nitrogen and oxygen atoms in total. The smallest absolute Gasteiger partial charge is 0.206 e. The largest absolute Gasteiger partial charge is 0.491 e. The highest BCUT2D eigenvalue weighted by Gasteiger charge is 2.24. The lowest BCUT2D eigenvalue weighted by molar-refractivity contribution is 0.103. The van der Waals surface area contributed by atoms with Gasteiger partial charge in [0.25, 0.3) is 0 Å². The lowest BCUT2D eigenvalue weighted by Crippen LogP contribution is -2.07. The lowest BCUT2D eigenvalue weighted by Gasteiger charge is -2.08. The van der Waals surface area contributed by atoms with Gasteiger partial charge in [0.15, 0.2) is 17.4 Å². The molecule has 19 heavy (non-hydrogen) atoms. The maximum atomic E-state index is 13.9. The van der Waals surface area contributed by atoms with Gasteiger partial charge in [0.05, 0.1) is 17.6 Å². The number of carbonyl (C=O) groups excluding carboxylic acids is 1. The third-order valence-electron chi connectivity index (χ3n) is 2.53. The van der Waals surface area contributed by atoms with Gasteiger partial charge in [-0.15, -0.1) is 11.3 Å². The van der Waals surface area contributed by atoms with Gasteiger partial charge in [0.1, 0.15) is 0 Å². The van der Waals surface area contributed by atoms with Crippen molar-refractivity contribution >= 4 is 17.1 Å². The summed E-state index contributed by atoms with van der Waals surface area (Å²) in [5, 5.41) is 0. The summed E-state index contributed by atoms with van der Waals surface area (Å²) in [6.07, 6.45) is 0. The highest BCUT2D eigenvalue weighted by atomic mass is 32.1. The van der Waals surface area contributed by atoms with Crippen molar-refractivity contribution in [3.05, 3.63) is 51.0 Å².